The lowest BCUT2D eigenvalue weighted by Crippen LogP contribution is -2.00. The molecular formula is C45H27N3OS. The second-order valence-electron chi connectivity index (χ2n) is 12.4. The third kappa shape index (κ3) is 4.71. The van der Waals surface area contributed by atoms with E-state index in [1.54, 1.807) is 0 Å². The van der Waals surface area contributed by atoms with Crippen LogP contribution in [-0.2, 0) is 0 Å². The van der Waals surface area contributed by atoms with Gasteiger partial charge in [0.1, 0.15) is 11.2 Å². The molecule has 10 rings (SSSR count). The molecule has 5 heteroatoms. The minimum absolute atomic E-state index is 0.622. The van der Waals surface area contributed by atoms with Crippen LogP contribution in [0.3, 0.4) is 0 Å². The number of aromatic nitrogens is 3. The van der Waals surface area contributed by atoms with Gasteiger partial charge in [-0.05, 0) is 41.0 Å². The summed E-state index contributed by atoms with van der Waals surface area (Å²) in [5, 5.41) is 4.62. The summed E-state index contributed by atoms with van der Waals surface area (Å²) < 4.78 is 9.45. The minimum Gasteiger partial charge on any atom is -0.455 e. The van der Waals surface area contributed by atoms with Crippen LogP contribution in [0, 0.1) is 0 Å². The molecule has 0 atom stereocenters. The summed E-state index contributed by atoms with van der Waals surface area (Å²) >= 11 is 1.82. The van der Waals surface area contributed by atoms with E-state index in [4.69, 9.17) is 19.4 Å². The fraction of sp³-hybridized carbons (Fsp3) is 0. The molecule has 0 N–H and O–H groups in total. The van der Waals surface area contributed by atoms with Gasteiger partial charge in [-0.25, -0.2) is 15.0 Å². The fourth-order valence-electron chi connectivity index (χ4n) is 7.01. The summed E-state index contributed by atoms with van der Waals surface area (Å²) in [4.78, 5) is 14.8. The Hall–Kier alpha value is -6.43. The first kappa shape index (κ1) is 28.6. The van der Waals surface area contributed by atoms with Crippen molar-refractivity contribution in [3.8, 4) is 56.4 Å². The van der Waals surface area contributed by atoms with Crippen LogP contribution in [0.4, 0.5) is 0 Å². The van der Waals surface area contributed by atoms with E-state index in [0.29, 0.717) is 17.5 Å². The van der Waals surface area contributed by atoms with Crippen molar-refractivity contribution in [1.82, 2.24) is 15.0 Å². The number of para-hydroxylation sites is 1. The number of thiophene rings is 1. The second kappa shape index (κ2) is 11.6. The first-order valence-electron chi connectivity index (χ1n) is 16.6. The van der Waals surface area contributed by atoms with Crippen molar-refractivity contribution in [3.63, 3.8) is 0 Å². The topological polar surface area (TPSA) is 51.8 Å². The van der Waals surface area contributed by atoms with Crippen LogP contribution in [-0.4, -0.2) is 15.0 Å². The Labute approximate surface area is 292 Å². The monoisotopic (exact) mass is 657 g/mol. The van der Waals surface area contributed by atoms with Crippen molar-refractivity contribution >= 4 is 53.4 Å². The molecule has 3 aromatic heterocycles. The van der Waals surface area contributed by atoms with Gasteiger partial charge in [0.2, 0.25) is 0 Å². The van der Waals surface area contributed by atoms with Crippen LogP contribution in [0.2, 0.25) is 0 Å². The normalized spacial score (nSPS) is 11.6. The van der Waals surface area contributed by atoms with Gasteiger partial charge in [0.15, 0.2) is 17.5 Å². The van der Waals surface area contributed by atoms with Crippen molar-refractivity contribution < 1.29 is 4.42 Å². The summed E-state index contributed by atoms with van der Waals surface area (Å²) in [6, 6.07) is 56.6. The fourth-order valence-corrected chi connectivity index (χ4v) is 8.14. The number of hydrogen-bond acceptors (Lipinski definition) is 5. The minimum atomic E-state index is 0.622. The van der Waals surface area contributed by atoms with Gasteiger partial charge in [-0.3, -0.25) is 0 Å². The number of rotatable bonds is 5. The van der Waals surface area contributed by atoms with E-state index in [1.165, 1.54) is 31.3 Å². The molecule has 234 valence electrons. The summed E-state index contributed by atoms with van der Waals surface area (Å²) in [7, 11) is 0. The van der Waals surface area contributed by atoms with Crippen LogP contribution in [0.15, 0.2) is 168 Å². The zero-order chi connectivity index (χ0) is 33.0. The largest absolute Gasteiger partial charge is 0.455 e. The highest BCUT2D eigenvalue weighted by molar-refractivity contribution is 7.26. The van der Waals surface area contributed by atoms with Crippen molar-refractivity contribution in [2.45, 2.75) is 0 Å². The summed E-state index contributed by atoms with van der Waals surface area (Å²) in [6.45, 7) is 0. The van der Waals surface area contributed by atoms with E-state index in [1.807, 2.05) is 72.0 Å². The first-order valence-corrected chi connectivity index (χ1v) is 17.4. The molecule has 0 bridgehead atoms. The smallest absolute Gasteiger partial charge is 0.164 e. The number of fused-ring (bicyclic) bond motifs is 7. The lowest BCUT2D eigenvalue weighted by Gasteiger charge is -2.10. The highest BCUT2D eigenvalue weighted by Crippen LogP contribution is 2.46. The Kier molecular flexibility index (Phi) is 6.64. The molecule has 0 saturated heterocycles. The van der Waals surface area contributed by atoms with Crippen molar-refractivity contribution in [3.05, 3.63) is 164 Å². The Balaban J connectivity index is 1.16. The highest BCUT2D eigenvalue weighted by atomic mass is 32.1. The summed E-state index contributed by atoms with van der Waals surface area (Å²) in [5.74, 6) is 1.90. The lowest BCUT2D eigenvalue weighted by atomic mass is 9.98. The van der Waals surface area contributed by atoms with Crippen molar-refractivity contribution in [2.75, 3.05) is 0 Å². The molecule has 4 nitrogen and oxygen atoms in total. The molecule has 0 saturated carbocycles. The maximum absolute atomic E-state index is 6.97. The highest BCUT2D eigenvalue weighted by Gasteiger charge is 2.20. The SMILES string of the molecule is c1ccc(-c2nc(-c3ccccc3)nc(-c3cccc(-c4cccc5c4oc4c5ccc5sc6cccc(-c7ccccc7)c6c54)c3)n2)cc1. The van der Waals surface area contributed by atoms with Crippen LogP contribution in [0.25, 0.3) is 98.5 Å². The van der Waals surface area contributed by atoms with Gasteiger partial charge >= 0.3 is 0 Å². The molecule has 0 amide bonds. The molecule has 0 spiro atoms. The zero-order valence-electron chi connectivity index (χ0n) is 26.7. The van der Waals surface area contributed by atoms with Crippen LogP contribution >= 0.6 is 11.3 Å². The van der Waals surface area contributed by atoms with E-state index in [-0.39, 0.29) is 0 Å². The average molecular weight is 658 g/mol. The quantitative estimate of drug-likeness (QED) is 0.185. The van der Waals surface area contributed by atoms with E-state index < -0.39 is 0 Å². The molecule has 50 heavy (non-hydrogen) atoms. The maximum atomic E-state index is 6.97. The third-order valence-corrected chi connectivity index (χ3v) is 10.5. The van der Waals surface area contributed by atoms with E-state index >= 15 is 0 Å². The molecular weight excluding hydrogens is 631 g/mol. The maximum Gasteiger partial charge on any atom is 0.164 e. The number of nitrogens with zero attached hydrogens (tertiary/aromatic N) is 3. The number of furan rings is 1. The molecule has 0 aliphatic heterocycles. The molecule has 0 aliphatic carbocycles. The van der Waals surface area contributed by atoms with E-state index in [0.717, 1.165) is 49.8 Å². The number of hydrogen-bond donors (Lipinski definition) is 0. The zero-order valence-corrected chi connectivity index (χ0v) is 27.6. The molecule has 0 fully saturated rings. The van der Waals surface area contributed by atoms with Crippen molar-refractivity contribution in [2.24, 2.45) is 0 Å². The molecule has 0 unspecified atom stereocenters. The van der Waals surface area contributed by atoms with Gasteiger partial charge in [-0.1, -0.05) is 140 Å². The second-order valence-corrected chi connectivity index (χ2v) is 13.4. The van der Waals surface area contributed by atoms with Gasteiger partial charge in [0, 0.05) is 53.2 Å². The Morgan fingerprint density at radius 3 is 1.58 bits per heavy atom. The van der Waals surface area contributed by atoms with Crippen LogP contribution in [0.1, 0.15) is 0 Å². The Morgan fingerprint density at radius 1 is 0.360 bits per heavy atom. The molecule has 0 radical (unpaired) electrons. The Morgan fingerprint density at radius 2 is 0.880 bits per heavy atom. The molecule has 7 aromatic carbocycles. The molecule has 0 aliphatic rings. The predicted octanol–water partition coefficient (Wildman–Crippen LogP) is 12.5. The number of benzene rings is 7. The van der Waals surface area contributed by atoms with Gasteiger partial charge in [-0.15, -0.1) is 11.3 Å². The van der Waals surface area contributed by atoms with Crippen molar-refractivity contribution in [1.29, 1.82) is 0 Å². The lowest BCUT2D eigenvalue weighted by molar-refractivity contribution is 0.674. The predicted molar refractivity (Wildman–Crippen MR) is 207 cm³/mol. The van der Waals surface area contributed by atoms with Gasteiger partial charge in [0.05, 0.1) is 0 Å². The van der Waals surface area contributed by atoms with E-state index in [2.05, 4.69) is 103 Å². The Bertz CT molecular complexity index is 2800. The standard InChI is InChI=1S/C45H27N3OS/c1-4-13-28(14-5-1)33-21-12-24-37-39(33)40-38(50-37)26-25-36-35-23-11-22-34(41(35)49-42(36)40)31-19-10-20-32(27-31)45-47-43(29-15-6-2-7-16-29)46-44(48-45)30-17-8-3-9-18-30/h1-27H. The first-order chi connectivity index (χ1) is 24.8. The van der Waals surface area contributed by atoms with Gasteiger partial charge < -0.3 is 4.42 Å². The average Bonchev–Trinajstić information content (AvgIpc) is 3.77. The third-order valence-electron chi connectivity index (χ3n) is 9.34. The van der Waals surface area contributed by atoms with E-state index in [9.17, 15) is 0 Å². The molecule has 3 heterocycles. The summed E-state index contributed by atoms with van der Waals surface area (Å²) in [6.07, 6.45) is 0. The summed E-state index contributed by atoms with van der Waals surface area (Å²) in [5.41, 5.74) is 9.07. The van der Waals surface area contributed by atoms with Gasteiger partial charge in [-0.2, -0.15) is 0 Å². The van der Waals surface area contributed by atoms with Crippen LogP contribution in [0.5, 0.6) is 0 Å². The molecule has 10 aromatic rings. The van der Waals surface area contributed by atoms with Gasteiger partial charge in [0.25, 0.3) is 0 Å². The van der Waals surface area contributed by atoms with Crippen LogP contribution < -0.4 is 0 Å².